The second-order valence-electron chi connectivity index (χ2n) is 4.58. The molecule has 0 bridgehead atoms. The number of hydrogen-bond donors (Lipinski definition) is 2. The predicted octanol–water partition coefficient (Wildman–Crippen LogP) is 1.15. The zero-order valence-corrected chi connectivity index (χ0v) is 12.5. The van der Waals surface area contributed by atoms with E-state index in [0.29, 0.717) is 0 Å². The number of benzene rings is 1. The molecule has 0 unspecified atom stereocenters. The Morgan fingerprint density at radius 2 is 2.23 bits per heavy atom. The third-order valence-corrected chi connectivity index (χ3v) is 3.30. The van der Waals surface area contributed by atoms with Crippen LogP contribution in [0.1, 0.15) is 0 Å². The van der Waals surface area contributed by atoms with E-state index in [9.17, 15) is 14.0 Å². The molecule has 1 heterocycles. The van der Waals surface area contributed by atoms with E-state index in [-0.39, 0.29) is 41.7 Å². The van der Waals surface area contributed by atoms with Crippen LogP contribution in [0.5, 0.6) is 0 Å². The molecule has 2 rings (SSSR count). The lowest BCUT2D eigenvalue weighted by molar-refractivity contribution is -0.136. The first kappa shape index (κ1) is 16.3. The van der Waals surface area contributed by atoms with Gasteiger partial charge in [0.1, 0.15) is 11.5 Å². The van der Waals surface area contributed by atoms with E-state index in [0.717, 1.165) is 12.1 Å². The van der Waals surface area contributed by atoms with Crippen LogP contribution in [0.15, 0.2) is 29.5 Å². The number of hydrogen-bond acceptors (Lipinski definition) is 5. The second-order valence-corrected chi connectivity index (χ2v) is 5.02. The summed E-state index contributed by atoms with van der Waals surface area (Å²) in [4.78, 5) is 25.3. The molecule has 0 aromatic heterocycles. The fourth-order valence-electron chi connectivity index (χ4n) is 2.12. The summed E-state index contributed by atoms with van der Waals surface area (Å²) in [5, 5.41) is 11.8. The van der Waals surface area contributed by atoms with Crippen LogP contribution in [0.25, 0.3) is 0 Å². The molecule has 118 valence electrons. The van der Waals surface area contributed by atoms with Crippen molar-refractivity contribution < 1.29 is 23.8 Å². The maximum absolute atomic E-state index is 13.4. The Labute approximate surface area is 131 Å². The Balaban J connectivity index is 2.34. The molecule has 1 aromatic rings. The molecular weight excluding hydrogens is 315 g/mol. The zero-order chi connectivity index (χ0) is 16.3. The molecule has 1 aliphatic rings. The number of rotatable bonds is 5. The van der Waals surface area contributed by atoms with Crippen LogP contribution in [0.3, 0.4) is 0 Å². The molecule has 0 atom stereocenters. The Morgan fingerprint density at radius 3 is 2.82 bits per heavy atom. The predicted molar refractivity (Wildman–Crippen MR) is 77.7 cm³/mol. The maximum atomic E-state index is 13.4. The van der Waals surface area contributed by atoms with Crippen LogP contribution < -0.4 is 5.32 Å². The fourth-order valence-corrected chi connectivity index (χ4v) is 2.34. The van der Waals surface area contributed by atoms with Gasteiger partial charge in [-0.15, -0.1) is 0 Å². The zero-order valence-electron chi connectivity index (χ0n) is 11.7. The van der Waals surface area contributed by atoms with Crippen molar-refractivity contribution in [3.8, 4) is 0 Å². The Bertz CT molecular complexity index is 627. The van der Waals surface area contributed by atoms with Gasteiger partial charge in [0.15, 0.2) is 0 Å². The van der Waals surface area contributed by atoms with Crippen LogP contribution >= 0.6 is 11.6 Å². The molecule has 8 heteroatoms. The number of aliphatic hydroxyl groups is 1. The molecule has 2 N–H and O–H groups in total. The number of ether oxygens (including phenoxy) is 1. The van der Waals surface area contributed by atoms with E-state index in [1.165, 1.54) is 18.1 Å². The largest absolute Gasteiger partial charge is 0.466 e. The van der Waals surface area contributed by atoms with Gasteiger partial charge in [-0.05, 0) is 18.2 Å². The van der Waals surface area contributed by atoms with Crippen LogP contribution in [-0.4, -0.2) is 48.7 Å². The van der Waals surface area contributed by atoms with Gasteiger partial charge in [-0.25, -0.2) is 9.18 Å². The first-order valence-corrected chi connectivity index (χ1v) is 6.78. The summed E-state index contributed by atoms with van der Waals surface area (Å²) in [6.07, 6.45) is 0. The lowest BCUT2D eigenvalue weighted by atomic mass is 10.2. The third-order valence-electron chi connectivity index (χ3n) is 3.09. The molecule has 0 saturated heterocycles. The molecule has 0 spiro atoms. The van der Waals surface area contributed by atoms with Gasteiger partial charge in [0.25, 0.3) is 5.91 Å². The molecular formula is C14H14ClFN2O4. The minimum atomic E-state index is -0.668. The van der Waals surface area contributed by atoms with Crippen LogP contribution in [-0.2, 0) is 14.3 Å². The molecule has 0 radical (unpaired) electrons. The Kier molecular flexibility index (Phi) is 4.99. The van der Waals surface area contributed by atoms with Gasteiger partial charge >= 0.3 is 5.97 Å². The van der Waals surface area contributed by atoms with Crippen LogP contribution in [0, 0.1) is 5.82 Å². The van der Waals surface area contributed by atoms with E-state index in [4.69, 9.17) is 16.7 Å². The summed E-state index contributed by atoms with van der Waals surface area (Å²) in [7, 11) is 1.20. The lowest BCUT2D eigenvalue weighted by Gasteiger charge is -2.15. The normalized spacial score (nSPS) is 14.5. The number of halogens is 2. The molecule has 1 aliphatic heterocycles. The molecule has 0 aliphatic carbocycles. The standard InChI is InChI=1S/C14H14ClFN2O4/c1-22-14(21)11-7-18(2-3-19)13(20)12(11)17-10-5-8(15)4-9(16)6-10/h4-6,17,19H,2-3,7H2,1H3. The van der Waals surface area contributed by atoms with Gasteiger partial charge in [-0.3, -0.25) is 4.79 Å². The fraction of sp³-hybridized carbons (Fsp3) is 0.286. The summed E-state index contributed by atoms with van der Waals surface area (Å²) >= 11 is 5.76. The minimum Gasteiger partial charge on any atom is -0.466 e. The van der Waals surface area contributed by atoms with Gasteiger partial charge in [-0.1, -0.05) is 11.6 Å². The highest BCUT2D eigenvalue weighted by atomic mass is 35.5. The van der Waals surface area contributed by atoms with Crippen LogP contribution in [0.2, 0.25) is 5.02 Å². The summed E-state index contributed by atoms with van der Waals surface area (Å²) in [5.41, 5.74) is 0.337. The number of amides is 1. The topological polar surface area (TPSA) is 78.9 Å². The van der Waals surface area contributed by atoms with E-state index in [2.05, 4.69) is 10.1 Å². The van der Waals surface area contributed by atoms with E-state index < -0.39 is 17.7 Å². The number of methoxy groups -OCH3 is 1. The van der Waals surface area contributed by atoms with Crippen molar-refractivity contribution in [1.82, 2.24) is 4.90 Å². The third kappa shape index (κ3) is 3.37. The first-order valence-electron chi connectivity index (χ1n) is 6.41. The van der Waals surface area contributed by atoms with Gasteiger partial charge in [0.2, 0.25) is 0 Å². The number of carbonyl (C=O) groups excluding carboxylic acids is 2. The van der Waals surface area contributed by atoms with Gasteiger partial charge < -0.3 is 20.1 Å². The molecule has 6 nitrogen and oxygen atoms in total. The van der Waals surface area contributed by atoms with Gasteiger partial charge in [0, 0.05) is 17.3 Å². The summed E-state index contributed by atoms with van der Waals surface area (Å²) in [6.45, 7) is -0.148. The highest BCUT2D eigenvalue weighted by molar-refractivity contribution is 6.30. The monoisotopic (exact) mass is 328 g/mol. The van der Waals surface area contributed by atoms with Crippen molar-refractivity contribution in [3.05, 3.63) is 40.3 Å². The quantitative estimate of drug-likeness (QED) is 0.793. The average Bonchev–Trinajstić information content (AvgIpc) is 2.75. The number of β-amino-alcohol motifs (C(OH)–C–C–N with tert-alkyl or cyclic N) is 1. The lowest BCUT2D eigenvalue weighted by Crippen LogP contribution is -2.31. The Morgan fingerprint density at radius 1 is 1.50 bits per heavy atom. The second kappa shape index (κ2) is 6.76. The number of esters is 1. The average molecular weight is 329 g/mol. The summed E-state index contributed by atoms with van der Waals surface area (Å²) in [6, 6.07) is 3.70. The molecule has 22 heavy (non-hydrogen) atoms. The van der Waals surface area contributed by atoms with Crippen molar-refractivity contribution in [2.45, 2.75) is 0 Å². The smallest absolute Gasteiger partial charge is 0.337 e. The van der Waals surface area contributed by atoms with Gasteiger partial charge in [-0.2, -0.15) is 0 Å². The summed E-state index contributed by atoms with van der Waals surface area (Å²) < 4.78 is 18.0. The number of aliphatic hydroxyl groups excluding tert-OH is 1. The highest BCUT2D eigenvalue weighted by Crippen LogP contribution is 2.25. The number of carbonyl (C=O) groups is 2. The van der Waals surface area contributed by atoms with Gasteiger partial charge in [0.05, 0.1) is 25.8 Å². The number of anilines is 1. The molecule has 0 fully saturated rings. The van der Waals surface area contributed by atoms with E-state index in [1.54, 1.807) is 0 Å². The van der Waals surface area contributed by atoms with Crippen molar-refractivity contribution in [2.24, 2.45) is 0 Å². The number of nitrogens with one attached hydrogen (secondary N) is 1. The Hall–Kier alpha value is -2.12. The SMILES string of the molecule is COC(=O)C1=C(Nc2cc(F)cc(Cl)c2)C(=O)N(CCO)C1. The van der Waals surface area contributed by atoms with Crippen LogP contribution in [0.4, 0.5) is 10.1 Å². The molecule has 0 saturated carbocycles. The molecule has 1 aromatic carbocycles. The number of nitrogens with zero attached hydrogens (tertiary/aromatic N) is 1. The molecule has 1 amide bonds. The first-order chi connectivity index (χ1) is 10.5. The van der Waals surface area contributed by atoms with Crippen molar-refractivity contribution in [3.63, 3.8) is 0 Å². The maximum Gasteiger partial charge on any atom is 0.337 e. The highest BCUT2D eigenvalue weighted by Gasteiger charge is 2.34. The van der Waals surface area contributed by atoms with E-state index >= 15 is 0 Å². The van der Waals surface area contributed by atoms with Crippen molar-refractivity contribution >= 4 is 29.2 Å². The van der Waals surface area contributed by atoms with Crippen molar-refractivity contribution in [2.75, 3.05) is 32.1 Å². The van der Waals surface area contributed by atoms with E-state index in [1.807, 2.05) is 0 Å². The minimum absolute atomic E-state index is 0.0114. The summed E-state index contributed by atoms with van der Waals surface area (Å²) in [5.74, 6) is -1.72. The van der Waals surface area contributed by atoms with Crippen molar-refractivity contribution in [1.29, 1.82) is 0 Å².